The maximum atomic E-state index is 12.4. The van der Waals surface area contributed by atoms with Crippen molar-refractivity contribution >= 4 is 26.5 Å². The van der Waals surface area contributed by atoms with Gasteiger partial charge in [-0.25, -0.2) is 13.4 Å². The third-order valence-corrected chi connectivity index (χ3v) is 6.08. The summed E-state index contributed by atoms with van der Waals surface area (Å²) < 4.78 is 33.0. The molecule has 1 unspecified atom stereocenters. The SMILES string of the molecule is Cc1nc(N)sc1S(=O)(=O)NC1COc2ccccc21. The Morgan fingerprint density at radius 2 is 2.20 bits per heavy atom. The largest absolute Gasteiger partial charge is 0.491 e. The van der Waals surface area contributed by atoms with Crippen LogP contribution in [0, 0.1) is 6.92 Å². The zero-order chi connectivity index (χ0) is 14.3. The molecule has 0 aliphatic carbocycles. The number of sulfonamides is 1. The quantitative estimate of drug-likeness (QED) is 0.894. The van der Waals surface area contributed by atoms with Gasteiger partial charge in [0.2, 0.25) is 0 Å². The predicted octanol–water partition coefficient (Wildman–Crippen LogP) is 1.45. The van der Waals surface area contributed by atoms with Crippen molar-refractivity contribution in [2.75, 3.05) is 12.3 Å². The van der Waals surface area contributed by atoms with Crippen molar-refractivity contribution in [3.8, 4) is 5.75 Å². The Bertz CT molecular complexity index is 755. The van der Waals surface area contributed by atoms with Gasteiger partial charge in [0.15, 0.2) is 9.34 Å². The van der Waals surface area contributed by atoms with Gasteiger partial charge in [0.1, 0.15) is 12.4 Å². The molecule has 0 saturated carbocycles. The lowest BCUT2D eigenvalue weighted by atomic mass is 10.1. The summed E-state index contributed by atoms with van der Waals surface area (Å²) in [7, 11) is -3.65. The second kappa shape index (κ2) is 4.72. The maximum absolute atomic E-state index is 12.4. The molecule has 6 nitrogen and oxygen atoms in total. The molecule has 0 radical (unpaired) electrons. The Hall–Kier alpha value is -1.64. The number of ether oxygens (including phenoxy) is 1. The lowest BCUT2D eigenvalue weighted by Gasteiger charge is -2.11. The Kier molecular flexibility index (Phi) is 3.15. The number of benzene rings is 1. The molecule has 1 atom stereocenters. The van der Waals surface area contributed by atoms with E-state index in [1.165, 1.54) is 0 Å². The Morgan fingerprint density at radius 1 is 1.45 bits per heavy atom. The summed E-state index contributed by atoms with van der Waals surface area (Å²) in [4.78, 5) is 3.94. The molecule has 106 valence electrons. The van der Waals surface area contributed by atoms with E-state index < -0.39 is 10.0 Å². The molecule has 1 aliphatic rings. The number of para-hydroxylation sites is 1. The van der Waals surface area contributed by atoms with Crippen LogP contribution in [0.5, 0.6) is 5.75 Å². The normalized spacial score (nSPS) is 17.8. The monoisotopic (exact) mass is 311 g/mol. The molecule has 1 aromatic heterocycles. The van der Waals surface area contributed by atoms with E-state index in [1.807, 2.05) is 24.3 Å². The van der Waals surface area contributed by atoms with Crippen molar-refractivity contribution in [1.29, 1.82) is 0 Å². The molecule has 1 aliphatic heterocycles. The number of aryl methyl sites for hydroxylation is 1. The first-order chi connectivity index (χ1) is 9.47. The number of anilines is 1. The molecule has 0 spiro atoms. The summed E-state index contributed by atoms with van der Waals surface area (Å²) in [5.41, 5.74) is 6.80. The maximum Gasteiger partial charge on any atom is 0.252 e. The summed E-state index contributed by atoms with van der Waals surface area (Å²) in [6.45, 7) is 1.91. The number of nitrogens with one attached hydrogen (secondary N) is 1. The molecular weight excluding hydrogens is 298 g/mol. The predicted molar refractivity (Wildman–Crippen MR) is 76.3 cm³/mol. The van der Waals surface area contributed by atoms with Crippen LogP contribution in [0.25, 0.3) is 0 Å². The van der Waals surface area contributed by atoms with E-state index in [-0.39, 0.29) is 22.0 Å². The minimum absolute atomic E-state index is 0.152. The molecule has 2 aromatic rings. The average molecular weight is 311 g/mol. The first kappa shape index (κ1) is 13.3. The molecule has 2 heterocycles. The molecule has 0 amide bonds. The zero-order valence-corrected chi connectivity index (χ0v) is 12.3. The van der Waals surface area contributed by atoms with Gasteiger partial charge < -0.3 is 10.5 Å². The van der Waals surface area contributed by atoms with Crippen LogP contribution < -0.4 is 15.2 Å². The van der Waals surface area contributed by atoms with Crippen LogP contribution in [0.1, 0.15) is 17.3 Å². The van der Waals surface area contributed by atoms with E-state index in [0.717, 1.165) is 16.9 Å². The fourth-order valence-electron chi connectivity index (χ4n) is 2.15. The van der Waals surface area contributed by atoms with E-state index in [2.05, 4.69) is 9.71 Å². The second-order valence-electron chi connectivity index (χ2n) is 4.45. The van der Waals surface area contributed by atoms with E-state index in [1.54, 1.807) is 6.92 Å². The summed E-state index contributed by atoms with van der Waals surface area (Å²) in [5.74, 6) is 0.709. The van der Waals surface area contributed by atoms with Gasteiger partial charge >= 0.3 is 0 Å². The van der Waals surface area contributed by atoms with E-state index in [9.17, 15) is 8.42 Å². The molecule has 0 fully saturated rings. The van der Waals surface area contributed by atoms with Crippen LogP contribution in [0.3, 0.4) is 0 Å². The topological polar surface area (TPSA) is 94.3 Å². The van der Waals surface area contributed by atoms with Gasteiger partial charge in [-0.1, -0.05) is 29.5 Å². The zero-order valence-electron chi connectivity index (χ0n) is 10.7. The highest BCUT2D eigenvalue weighted by Crippen LogP contribution is 2.34. The number of nitrogen functional groups attached to an aromatic ring is 1. The van der Waals surface area contributed by atoms with Crippen molar-refractivity contribution in [2.45, 2.75) is 17.2 Å². The Labute approximate surface area is 120 Å². The molecule has 8 heteroatoms. The van der Waals surface area contributed by atoms with Gasteiger partial charge in [0.25, 0.3) is 10.0 Å². The lowest BCUT2D eigenvalue weighted by Crippen LogP contribution is -2.29. The third kappa shape index (κ3) is 2.26. The fourth-order valence-corrected chi connectivity index (χ4v) is 4.67. The van der Waals surface area contributed by atoms with Gasteiger partial charge in [0, 0.05) is 5.56 Å². The van der Waals surface area contributed by atoms with Crippen LogP contribution in [0.2, 0.25) is 0 Å². The van der Waals surface area contributed by atoms with Crippen molar-refractivity contribution in [1.82, 2.24) is 9.71 Å². The van der Waals surface area contributed by atoms with Gasteiger partial charge in [-0.3, -0.25) is 0 Å². The number of nitrogens with zero attached hydrogens (tertiary/aromatic N) is 1. The summed E-state index contributed by atoms with van der Waals surface area (Å²) in [6.07, 6.45) is 0. The minimum atomic E-state index is -3.65. The molecule has 3 rings (SSSR count). The molecule has 3 N–H and O–H groups in total. The fraction of sp³-hybridized carbons (Fsp3) is 0.250. The minimum Gasteiger partial charge on any atom is -0.491 e. The van der Waals surface area contributed by atoms with Crippen LogP contribution in [-0.4, -0.2) is 20.0 Å². The van der Waals surface area contributed by atoms with Gasteiger partial charge in [-0.2, -0.15) is 4.72 Å². The molecule has 0 bridgehead atoms. The van der Waals surface area contributed by atoms with E-state index in [4.69, 9.17) is 10.5 Å². The number of rotatable bonds is 3. The molecule has 20 heavy (non-hydrogen) atoms. The van der Waals surface area contributed by atoms with Gasteiger partial charge in [-0.15, -0.1) is 0 Å². The number of fused-ring (bicyclic) bond motifs is 1. The van der Waals surface area contributed by atoms with Crippen LogP contribution in [0.4, 0.5) is 5.13 Å². The van der Waals surface area contributed by atoms with E-state index >= 15 is 0 Å². The Balaban J connectivity index is 1.90. The smallest absolute Gasteiger partial charge is 0.252 e. The molecular formula is C12H13N3O3S2. The summed E-state index contributed by atoms with van der Waals surface area (Å²) in [6, 6.07) is 6.98. The standard InChI is InChI=1S/C12H13N3O3S2/c1-7-11(19-12(13)14-7)20(16,17)15-9-6-18-10-5-3-2-4-8(9)10/h2-5,9,15H,6H2,1H3,(H2,13,14). The van der Waals surface area contributed by atoms with Crippen molar-refractivity contribution in [3.05, 3.63) is 35.5 Å². The number of aromatic nitrogens is 1. The van der Waals surface area contributed by atoms with Crippen molar-refractivity contribution < 1.29 is 13.2 Å². The second-order valence-corrected chi connectivity index (χ2v) is 7.39. The average Bonchev–Trinajstić information content (AvgIpc) is 2.94. The highest BCUT2D eigenvalue weighted by atomic mass is 32.2. The number of hydrogen-bond donors (Lipinski definition) is 2. The lowest BCUT2D eigenvalue weighted by molar-refractivity contribution is 0.325. The van der Waals surface area contributed by atoms with E-state index in [0.29, 0.717) is 11.4 Å². The summed E-state index contributed by atoms with van der Waals surface area (Å²) in [5, 5.41) is 0.242. The Morgan fingerprint density at radius 3 is 2.90 bits per heavy atom. The number of thiazole rings is 1. The number of hydrogen-bond acceptors (Lipinski definition) is 6. The number of nitrogens with two attached hydrogens (primary N) is 1. The summed E-state index contributed by atoms with van der Waals surface area (Å²) >= 11 is 0.961. The highest BCUT2D eigenvalue weighted by molar-refractivity contribution is 7.91. The van der Waals surface area contributed by atoms with Crippen LogP contribution in [-0.2, 0) is 10.0 Å². The van der Waals surface area contributed by atoms with Crippen LogP contribution in [0.15, 0.2) is 28.5 Å². The van der Waals surface area contributed by atoms with Crippen LogP contribution >= 0.6 is 11.3 Å². The van der Waals surface area contributed by atoms with Gasteiger partial charge in [0.05, 0.1) is 11.7 Å². The molecule has 1 aromatic carbocycles. The first-order valence-corrected chi connectivity index (χ1v) is 8.24. The third-order valence-electron chi connectivity index (χ3n) is 3.01. The van der Waals surface area contributed by atoms with Gasteiger partial charge in [-0.05, 0) is 13.0 Å². The van der Waals surface area contributed by atoms with Crippen molar-refractivity contribution in [2.24, 2.45) is 0 Å². The first-order valence-electron chi connectivity index (χ1n) is 5.94. The molecule has 0 saturated heterocycles. The van der Waals surface area contributed by atoms with Crippen molar-refractivity contribution in [3.63, 3.8) is 0 Å². The highest BCUT2D eigenvalue weighted by Gasteiger charge is 2.30.